The molecule has 74 valence electrons. The average Bonchev–Trinajstić information content (AvgIpc) is 2.59. The molecule has 0 saturated carbocycles. The molecule has 14 heavy (non-hydrogen) atoms. The largest absolute Gasteiger partial charge is 0.383 e. The molecular weight excluding hydrogens is 217 g/mol. The van der Waals surface area contributed by atoms with E-state index in [0.29, 0.717) is 5.92 Å². The van der Waals surface area contributed by atoms with E-state index >= 15 is 0 Å². The van der Waals surface area contributed by atoms with Crippen LogP contribution in [0.15, 0.2) is 6.07 Å². The Kier molecular flexibility index (Phi) is 1.93. The first-order valence-corrected chi connectivity index (χ1v) is 5.77. The SMILES string of the molecule is Clc1cc(Cl)c2c3c1CCCC3CN2. The highest BCUT2D eigenvalue weighted by Crippen LogP contribution is 2.47. The van der Waals surface area contributed by atoms with E-state index in [9.17, 15) is 0 Å². The Morgan fingerprint density at radius 1 is 1.29 bits per heavy atom. The fourth-order valence-electron chi connectivity index (χ4n) is 2.66. The van der Waals surface area contributed by atoms with Gasteiger partial charge in [0.1, 0.15) is 0 Å². The van der Waals surface area contributed by atoms with Gasteiger partial charge in [-0.3, -0.25) is 0 Å². The highest BCUT2D eigenvalue weighted by atomic mass is 35.5. The molecule has 1 aromatic carbocycles. The molecule has 0 bridgehead atoms. The summed E-state index contributed by atoms with van der Waals surface area (Å²) in [5.41, 5.74) is 3.86. The van der Waals surface area contributed by atoms with Gasteiger partial charge in [-0.2, -0.15) is 0 Å². The number of hydrogen-bond acceptors (Lipinski definition) is 1. The Labute approximate surface area is 93.4 Å². The molecule has 3 heteroatoms. The number of benzene rings is 1. The predicted molar refractivity (Wildman–Crippen MR) is 60.6 cm³/mol. The van der Waals surface area contributed by atoms with Crippen molar-refractivity contribution in [2.24, 2.45) is 0 Å². The van der Waals surface area contributed by atoms with Crippen LogP contribution < -0.4 is 5.32 Å². The van der Waals surface area contributed by atoms with Gasteiger partial charge in [0, 0.05) is 17.5 Å². The number of rotatable bonds is 0. The fraction of sp³-hybridized carbons (Fsp3) is 0.455. The van der Waals surface area contributed by atoms with Crippen molar-refractivity contribution in [1.82, 2.24) is 0 Å². The lowest BCUT2D eigenvalue weighted by atomic mass is 9.84. The van der Waals surface area contributed by atoms with E-state index in [4.69, 9.17) is 23.2 Å². The summed E-state index contributed by atoms with van der Waals surface area (Å²) >= 11 is 12.3. The summed E-state index contributed by atoms with van der Waals surface area (Å²) in [7, 11) is 0. The van der Waals surface area contributed by atoms with Crippen molar-refractivity contribution in [3.05, 3.63) is 27.2 Å². The predicted octanol–water partition coefficient (Wildman–Crippen LogP) is 3.84. The normalized spacial score (nSPS) is 23.1. The van der Waals surface area contributed by atoms with Gasteiger partial charge in [-0.05, 0) is 36.5 Å². The third kappa shape index (κ3) is 1.09. The Morgan fingerprint density at radius 2 is 2.14 bits per heavy atom. The Morgan fingerprint density at radius 3 is 3.00 bits per heavy atom. The lowest BCUT2D eigenvalue weighted by Gasteiger charge is -2.21. The maximum atomic E-state index is 6.20. The maximum absolute atomic E-state index is 6.20. The van der Waals surface area contributed by atoms with Crippen molar-refractivity contribution >= 4 is 28.9 Å². The first kappa shape index (κ1) is 8.87. The zero-order valence-corrected chi connectivity index (χ0v) is 9.25. The molecule has 0 radical (unpaired) electrons. The third-order valence-electron chi connectivity index (χ3n) is 3.29. The molecule has 0 saturated heterocycles. The molecule has 0 aromatic heterocycles. The summed E-state index contributed by atoms with van der Waals surface area (Å²) in [5.74, 6) is 0.643. The van der Waals surface area contributed by atoms with Gasteiger partial charge in [-0.1, -0.05) is 23.2 Å². The van der Waals surface area contributed by atoms with Crippen molar-refractivity contribution in [3.8, 4) is 0 Å². The van der Waals surface area contributed by atoms with Crippen molar-refractivity contribution in [1.29, 1.82) is 0 Å². The summed E-state index contributed by atoms with van der Waals surface area (Å²) in [4.78, 5) is 0. The lowest BCUT2D eigenvalue weighted by molar-refractivity contribution is 0.592. The minimum Gasteiger partial charge on any atom is -0.383 e. The van der Waals surface area contributed by atoms with Gasteiger partial charge < -0.3 is 5.32 Å². The summed E-state index contributed by atoms with van der Waals surface area (Å²) in [6.45, 7) is 1.03. The summed E-state index contributed by atoms with van der Waals surface area (Å²) in [6.07, 6.45) is 3.63. The van der Waals surface area contributed by atoms with Crippen molar-refractivity contribution in [2.45, 2.75) is 25.2 Å². The molecule has 1 N–H and O–H groups in total. The molecule has 1 unspecified atom stereocenters. The monoisotopic (exact) mass is 227 g/mol. The molecule has 3 rings (SSSR count). The molecule has 1 aliphatic heterocycles. The molecule has 0 amide bonds. The van der Waals surface area contributed by atoms with Crippen LogP contribution in [-0.4, -0.2) is 6.54 Å². The van der Waals surface area contributed by atoms with Crippen LogP contribution in [0.5, 0.6) is 0 Å². The Hall–Kier alpha value is -0.400. The van der Waals surface area contributed by atoms with Gasteiger partial charge >= 0.3 is 0 Å². The van der Waals surface area contributed by atoms with Crippen LogP contribution in [0.2, 0.25) is 10.0 Å². The van der Waals surface area contributed by atoms with Crippen LogP contribution in [0.25, 0.3) is 0 Å². The second-order valence-electron chi connectivity index (χ2n) is 4.08. The first-order valence-electron chi connectivity index (χ1n) is 5.02. The van der Waals surface area contributed by atoms with Gasteiger partial charge in [0.2, 0.25) is 0 Å². The van der Waals surface area contributed by atoms with Gasteiger partial charge in [0.15, 0.2) is 0 Å². The maximum Gasteiger partial charge on any atom is 0.0655 e. The van der Waals surface area contributed by atoms with Crippen LogP contribution in [0.3, 0.4) is 0 Å². The summed E-state index contributed by atoms with van der Waals surface area (Å²) < 4.78 is 0. The number of anilines is 1. The van der Waals surface area contributed by atoms with Gasteiger partial charge in [-0.25, -0.2) is 0 Å². The lowest BCUT2D eigenvalue weighted by Crippen LogP contribution is -2.09. The topological polar surface area (TPSA) is 12.0 Å². The summed E-state index contributed by atoms with van der Waals surface area (Å²) in [5, 5.41) is 5.01. The molecule has 1 heterocycles. The van der Waals surface area contributed by atoms with E-state index in [1.54, 1.807) is 0 Å². The minimum atomic E-state index is 0.643. The zero-order valence-electron chi connectivity index (χ0n) is 7.74. The third-order valence-corrected chi connectivity index (χ3v) is 3.92. The van der Waals surface area contributed by atoms with E-state index in [2.05, 4.69) is 5.32 Å². The molecule has 1 aromatic rings. The number of hydrogen-bond donors (Lipinski definition) is 1. The molecule has 1 nitrogen and oxygen atoms in total. The molecule has 0 fully saturated rings. The van der Waals surface area contributed by atoms with Crippen molar-refractivity contribution in [2.75, 3.05) is 11.9 Å². The quantitative estimate of drug-likeness (QED) is 0.711. The molecule has 0 spiro atoms. The van der Waals surface area contributed by atoms with E-state index < -0.39 is 0 Å². The standard InChI is InChI=1S/C11H11Cl2N/c12-8-4-9(13)11-10-6(5-14-11)2-1-3-7(8)10/h4,6,14H,1-3,5H2. The van der Waals surface area contributed by atoms with E-state index in [1.165, 1.54) is 24.0 Å². The van der Waals surface area contributed by atoms with Crippen molar-refractivity contribution < 1.29 is 0 Å². The first-order chi connectivity index (χ1) is 6.77. The smallest absolute Gasteiger partial charge is 0.0655 e. The second kappa shape index (κ2) is 3.04. The van der Waals surface area contributed by atoms with Crippen LogP contribution in [0.1, 0.15) is 29.9 Å². The van der Waals surface area contributed by atoms with Crippen LogP contribution in [-0.2, 0) is 6.42 Å². The fourth-order valence-corrected chi connectivity index (χ4v) is 3.30. The second-order valence-corrected chi connectivity index (χ2v) is 4.89. The number of halogens is 2. The highest BCUT2D eigenvalue weighted by molar-refractivity contribution is 6.37. The van der Waals surface area contributed by atoms with E-state index in [-0.39, 0.29) is 0 Å². The highest BCUT2D eigenvalue weighted by Gasteiger charge is 2.31. The van der Waals surface area contributed by atoms with E-state index in [1.807, 2.05) is 6.07 Å². The average molecular weight is 228 g/mol. The van der Waals surface area contributed by atoms with Crippen LogP contribution >= 0.6 is 23.2 Å². The van der Waals surface area contributed by atoms with Gasteiger partial charge in [0.25, 0.3) is 0 Å². The molecule has 1 atom stereocenters. The Bertz CT molecular complexity index is 401. The number of nitrogens with one attached hydrogen (secondary N) is 1. The summed E-state index contributed by atoms with van der Waals surface area (Å²) in [6, 6.07) is 1.87. The Balaban J connectivity index is 2.30. The molecule has 2 aliphatic rings. The molecular formula is C11H11Cl2N. The molecule has 1 aliphatic carbocycles. The van der Waals surface area contributed by atoms with Crippen LogP contribution in [0.4, 0.5) is 5.69 Å². The van der Waals surface area contributed by atoms with Crippen molar-refractivity contribution in [3.63, 3.8) is 0 Å². The van der Waals surface area contributed by atoms with Gasteiger partial charge in [-0.15, -0.1) is 0 Å². The zero-order chi connectivity index (χ0) is 9.71. The minimum absolute atomic E-state index is 0.643. The van der Waals surface area contributed by atoms with E-state index in [0.717, 1.165) is 28.7 Å². The van der Waals surface area contributed by atoms with Crippen LogP contribution in [0, 0.1) is 0 Å². The van der Waals surface area contributed by atoms with Gasteiger partial charge in [0.05, 0.1) is 10.7 Å².